The second-order valence-corrected chi connectivity index (χ2v) is 8.56. The molecule has 0 spiro atoms. The number of carbonyl (C=O) groups is 1. The molecule has 1 amide bonds. The minimum absolute atomic E-state index is 0.00429. The quantitative estimate of drug-likeness (QED) is 0.772. The molecule has 2 aliphatic rings. The minimum atomic E-state index is -3.81. The summed E-state index contributed by atoms with van der Waals surface area (Å²) in [6.45, 7) is 2.05. The van der Waals surface area contributed by atoms with Gasteiger partial charge in [-0.05, 0) is 49.2 Å². The lowest BCUT2D eigenvalue weighted by molar-refractivity contribution is 0.0624. The van der Waals surface area contributed by atoms with Gasteiger partial charge in [0.2, 0.25) is 0 Å². The summed E-state index contributed by atoms with van der Waals surface area (Å²) < 4.78 is 44.1. The zero-order chi connectivity index (χ0) is 20.3. The average molecular weight is 418 g/mol. The van der Waals surface area contributed by atoms with Crippen LogP contribution in [0, 0.1) is 0 Å². The number of anilines is 1. The van der Waals surface area contributed by atoms with Crippen LogP contribution in [0.2, 0.25) is 0 Å². The lowest BCUT2D eigenvalue weighted by Crippen LogP contribution is -2.40. The third kappa shape index (κ3) is 4.63. The summed E-state index contributed by atoms with van der Waals surface area (Å²) in [5.74, 6) is 0.716. The number of carbonyl (C=O) groups excluding carboxylic acids is 1. The van der Waals surface area contributed by atoms with Crippen LogP contribution in [0.25, 0.3) is 0 Å². The summed E-state index contributed by atoms with van der Waals surface area (Å²) in [4.78, 5) is 12.4. The molecule has 0 aliphatic carbocycles. The number of hydrogen-bond acceptors (Lipinski definition) is 6. The molecule has 0 aromatic heterocycles. The summed E-state index contributed by atoms with van der Waals surface area (Å²) in [7, 11) is -3.81. The van der Waals surface area contributed by atoms with E-state index in [0.717, 1.165) is 19.4 Å². The van der Waals surface area contributed by atoms with Gasteiger partial charge in [0.05, 0.1) is 17.5 Å². The maximum atomic E-state index is 12.7. The van der Waals surface area contributed by atoms with E-state index in [1.54, 1.807) is 30.3 Å². The second kappa shape index (κ2) is 8.30. The molecule has 154 valence electrons. The first-order valence-electron chi connectivity index (χ1n) is 9.42. The van der Waals surface area contributed by atoms with Crippen LogP contribution in [0.4, 0.5) is 5.69 Å². The highest BCUT2D eigenvalue weighted by molar-refractivity contribution is 7.92. The van der Waals surface area contributed by atoms with E-state index in [1.165, 1.54) is 12.1 Å². The second-order valence-electron chi connectivity index (χ2n) is 6.88. The molecular formula is C20H22N2O6S. The van der Waals surface area contributed by atoms with E-state index in [1.807, 2.05) is 0 Å². The standard InChI is InChI=1S/C20H22N2O6S/c23-20(21-16-2-1-9-26-13-16)14-3-5-15(6-4-14)22-29(24,25)17-7-8-18-19(12-17)28-11-10-27-18/h3-8,12,16,22H,1-2,9-11,13H2,(H,21,23). The van der Waals surface area contributed by atoms with Gasteiger partial charge in [-0.3, -0.25) is 9.52 Å². The van der Waals surface area contributed by atoms with Crippen LogP contribution in [0.15, 0.2) is 47.4 Å². The van der Waals surface area contributed by atoms with E-state index >= 15 is 0 Å². The highest BCUT2D eigenvalue weighted by Crippen LogP contribution is 2.32. The lowest BCUT2D eigenvalue weighted by atomic mass is 10.1. The Balaban J connectivity index is 1.43. The highest BCUT2D eigenvalue weighted by atomic mass is 32.2. The maximum absolute atomic E-state index is 12.7. The van der Waals surface area contributed by atoms with Gasteiger partial charge in [-0.15, -0.1) is 0 Å². The van der Waals surface area contributed by atoms with Crippen LogP contribution in [-0.4, -0.2) is 46.8 Å². The fourth-order valence-electron chi connectivity index (χ4n) is 3.22. The Labute approximate surface area is 169 Å². The number of fused-ring (bicyclic) bond motifs is 1. The zero-order valence-corrected chi connectivity index (χ0v) is 16.5. The molecule has 8 nitrogen and oxygen atoms in total. The SMILES string of the molecule is O=C(NC1CCCOC1)c1ccc(NS(=O)(=O)c2ccc3c(c2)OCCO3)cc1. The van der Waals surface area contributed by atoms with Crippen LogP contribution >= 0.6 is 0 Å². The molecule has 1 atom stereocenters. The Morgan fingerprint density at radius 1 is 0.966 bits per heavy atom. The Morgan fingerprint density at radius 3 is 2.45 bits per heavy atom. The molecule has 29 heavy (non-hydrogen) atoms. The number of ether oxygens (including phenoxy) is 3. The van der Waals surface area contributed by atoms with Gasteiger partial charge in [0.1, 0.15) is 13.2 Å². The molecule has 4 rings (SSSR count). The topological polar surface area (TPSA) is 103 Å². The largest absolute Gasteiger partial charge is 0.486 e. The Bertz CT molecular complexity index is 985. The van der Waals surface area contributed by atoms with Crippen molar-refractivity contribution in [3.05, 3.63) is 48.0 Å². The summed E-state index contributed by atoms with van der Waals surface area (Å²) >= 11 is 0. The van der Waals surface area contributed by atoms with Crippen LogP contribution in [-0.2, 0) is 14.8 Å². The number of rotatable bonds is 5. The van der Waals surface area contributed by atoms with E-state index in [0.29, 0.717) is 42.6 Å². The van der Waals surface area contributed by atoms with Crippen LogP contribution < -0.4 is 19.5 Å². The van der Waals surface area contributed by atoms with Gasteiger partial charge in [-0.2, -0.15) is 0 Å². The van der Waals surface area contributed by atoms with Crippen LogP contribution in [0.5, 0.6) is 11.5 Å². The molecule has 2 aliphatic heterocycles. The molecule has 0 bridgehead atoms. The third-order valence-corrected chi connectivity index (χ3v) is 6.10. The number of benzene rings is 2. The van der Waals surface area contributed by atoms with E-state index in [-0.39, 0.29) is 16.8 Å². The highest BCUT2D eigenvalue weighted by Gasteiger charge is 2.20. The van der Waals surface area contributed by atoms with Gasteiger partial charge in [0.15, 0.2) is 11.5 Å². The molecule has 1 saturated heterocycles. The first-order chi connectivity index (χ1) is 14.0. The molecule has 9 heteroatoms. The van der Waals surface area contributed by atoms with Gasteiger partial charge in [0.25, 0.3) is 15.9 Å². The molecule has 1 unspecified atom stereocenters. The fourth-order valence-corrected chi connectivity index (χ4v) is 4.29. The average Bonchev–Trinajstić information content (AvgIpc) is 2.74. The molecular weight excluding hydrogens is 396 g/mol. The summed E-state index contributed by atoms with van der Waals surface area (Å²) in [5.41, 5.74) is 0.815. The number of hydrogen-bond donors (Lipinski definition) is 2. The zero-order valence-electron chi connectivity index (χ0n) is 15.7. The van der Waals surface area contributed by atoms with E-state index < -0.39 is 10.0 Å². The molecule has 0 radical (unpaired) electrons. The van der Waals surface area contributed by atoms with E-state index in [4.69, 9.17) is 14.2 Å². The molecule has 2 aromatic carbocycles. The fraction of sp³-hybridized carbons (Fsp3) is 0.350. The monoisotopic (exact) mass is 418 g/mol. The molecule has 2 N–H and O–H groups in total. The van der Waals surface area contributed by atoms with Crippen LogP contribution in [0.3, 0.4) is 0 Å². The van der Waals surface area contributed by atoms with Crippen molar-refractivity contribution >= 4 is 21.6 Å². The first-order valence-corrected chi connectivity index (χ1v) is 10.9. The first kappa shape index (κ1) is 19.5. The molecule has 2 heterocycles. The predicted octanol–water partition coefficient (Wildman–Crippen LogP) is 2.17. The van der Waals surface area contributed by atoms with Gasteiger partial charge in [-0.25, -0.2) is 8.42 Å². The number of nitrogens with one attached hydrogen (secondary N) is 2. The third-order valence-electron chi connectivity index (χ3n) is 4.72. The van der Waals surface area contributed by atoms with Crippen LogP contribution in [0.1, 0.15) is 23.2 Å². The normalized spacial score (nSPS) is 18.7. The maximum Gasteiger partial charge on any atom is 0.262 e. The van der Waals surface area contributed by atoms with Crippen molar-refractivity contribution < 1.29 is 27.4 Å². The van der Waals surface area contributed by atoms with Crippen molar-refractivity contribution in [3.8, 4) is 11.5 Å². The Kier molecular flexibility index (Phi) is 5.59. The smallest absolute Gasteiger partial charge is 0.262 e. The lowest BCUT2D eigenvalue weighted by Gasteiger charge is -2.23. The van der Waals surface area contributed by atoms with Crippen molar-refractivity contribution in [2.45, 2.75) is 23.8 Å². The van der Waals surface area contributed by atoms with Crippen molar-refractivity contribution in [2.24, 2.45) is 0 Å². The summed E-state index contributed by atoms with van der Waals surface area (Å²) in [6.07, 6.45) is 1.81. The van der Waals surface area contributed by atoms with Gasteiger partial charge in [-0.1, -0.05) is 0 Å². The molecule has 1 fully saturated rings. The Morgan fingerprint density at radius 2 is 1.72 bits per heavy atom. The molecule has 0 saturated carbocycles. The minimum Gasteiger partial charge on any atom is -0.486 e. The number of amides is 1. The number of sulfonamides is 1. The van der Waals surface area contributed by atoms with Crippen molar-refractivity contribution in [3.63, 3.8) is 0 Å². The van der Waals surface area contributed by atoms with E-state index in [2.05, 4.69) is 10.0 Å². The van der Waals surface area contributed by atoms with Crippen molar-refractivity contribution in [2.75, 3.05) is 31.1 Å². The van der Waals surface area contributed by atoms with Crippen molar-refractivity contribution in [1.82, 2.24) is 5.32 Å². The summed E-state index contributed by atoms with van der Waals surface area (Å²) in [6, 6.07) is 10.8. The van der Waals surface area contributed by atoms with Gasteiger partial charge >= 0.3 is 0 Å². The molecule has 2 aromatic rings. The van der Waals surface area contributed by atoms with Gasteiger partial charge in [0, 0.05) is 23.9 Å². The van der Waals surface area contributed by atoms with Crippen molar-refractivity contribution in [1.29, 1.82) is 0 Å². The van der Waals surface area contributed by atoms with E-state index in [9.17, 15) is 13.2 Å². The predicted molar refractivity (Wildman–Crippen MR) is 106 cm³/mol. The summed E-state index contributed by atoms with van der Waals surface area (Å²) in [5, 5.41) is 2.93. The Hall–Kier alpha value is -2.78. The van der Waals surface area contributed by atoms with Gasteiger partial charge < -0.3 is 19.5 Å².